The molecule has 0 heterocycles. The fourth-order valence-corrected chi connectivity index (χ4v) is 2.27. The van der Waals surface area contributed by atoms with Crippen LogP contribution >= 0.6 is 0 Å². The number of aliphatic carboxylic acids is 1. The van der Waals surface area contributed by atoms with Crippen LogP contribution in [0.2, 0.25) is 0 Å². The Morgan fingerprint density at radius 2 is 2.10 bits per heavy atom. The lowest BCUT2D eigenvalue weighted by molar-refractivity contribution is -0.141. The molecule has 0 saturated carbocycles. The molecule has 0 aliphatic heterocycles. The number of rotatable bonds is 8. The van der Waals surface area contributed by atoms with Crippen molar-refractivity contribution < 1.29 is 18.7 Å². The molecule has 20 heavy (non-hydrogen) atoms. The molecular formula is C15H21F2NO2. The van der Waals surface area contributed by atoms with Crippen LogP contribution in [0.15, 0.2) is 18.2 Å². The number of hydrogen-bond acceptors (Lipinski definition) is 2. The lowest BCUT2D eigenvalue weighted by Gasteiger charge is -2.16. The van der Waals surface area contributed by atoms with Gasteiger partial charge in [0, 0.05) is 12.6 Å². The standard InChI is InChI=1S/C15H21F2NO2/c1-10(7-12(9-18)15(19)20)3-2-4-11-5-6-13(16)8-14(11)17/h5-6,8,10,12H,2-4,7,9,18H2,1H3,(H,19,20)/t10-,12+/m0/s1. The molecule has 1 aromatic rings. The zero-order valence-corrected chi connectivity index (χ0v) is 11.6. The molecule has 0 saturated heterocycles. The first kappa shape index (κ1) is 16.6. The fourth-order valence-electron chi connectivity index (χ4n) is 2.27. The smallest absolute Gasteiger partial charge is 0.307 e. The van der Waals surface area contributed by atoms with E-state index in [1.807, 2.05) is 6.92 Å². The molecule has 3 N–H and O–H groups in total. The van der Waals surface area contributed by atoms with Gasteiger partial charge in [0.25, 0.3) is 0 Å². The highest BCUT2D eigenvalue weighted by Crippen LogP contribution is 2.19. The van der Waals surface area contributed by atoms with Crippen molar-refractivity contribution in [2.24, 2.45) is 17.6 Å². The Bertz CT molecular complexity index is 451. The van der Waals surface area contributed by atoms with E-state index in [1.165, 1.54) is 12.1 Å². The third-order valence-electron chi connectivity index (χ3n) is 3.48. The highest BCUT2D eigenvalue weighted by atomic mass is 19.1. The zero-order chi connectivity index (χ0) is 15.1. The van der Waals surface area contributed by atoms with E-state index in [9.17, 15) is 13.6 Å². The average molecular weight is 285 g/mol. The van der Waals surface area contributed by atoms with Crippen molar-refractivity contribution in [3.63, 3.8) is 0 Å². The predicted molar refractivity (Wildman–Crippen MR) is 73.3 cm³/mol. The summed E-state index contributed by atoms with van der Waals surface area (Å²) in [5, 5.41) is 8.92. The first-order valence-corrected chi connectivity index (χ1v) is 6.80. The number of aryl methyl sites for hydroxylation is 1. The molecule has 0 radical (unpaired) electrons. The number of hydrogen-bond donors (Lipinski definition) is 2. The van der Waals surface area contributed by atoms with Gasteiger partial charge in [-0.3, -0.25) is 4.79 Å². The van der Waals surface area contributed by atoms with Gasteiger partial charge in [0.15, 0.2) is 0 Å². The molecule has 1 aromatic carbocycles. The molecule has 3 nitrogen and oxygen atoms in total. The normalized spacial score (nSPS) is 14.0. The van der Waals surface area contributed by atoms with E-state index in [4.69, 9.17) is 10.8 Å². The van der Waals surface area contributed by atoms with Crippen molar-refractivity contribution in [2.75, 3.05) is 6.54 Å². The van der Waals surface area contributed by atoms with Crippen LogP contribution < -0.4 is 5.73 Å². The second kappa shape index (κ2) is 7.94. The molecule has 2 atom stereocenters. The summed E-state index contributed by atoms with van der Waals surface area (Å²) in [6.45, 7) is 2.10. The second-order valence-corrected chi connectivity index (χ2v) is 5.24. The maximum absolute atomic E-state index is 13.4. The predicted octanol–water partition coefficient (Wildman–Crippen LogP) is 2.97. The molecule has 0 bridgehead atoms. The van der Waals surface area contributed by atoms with E-state index < -0.39 is 23.5 Å². The van der Waals surface area contributed by atoms with Crippen LogP contribution in [0.4, 0.5) is 8.78 Å². The van der Waals surface area contributed by atoms with E-state index >= 15 is 0 Å². The molecule has 0 amide bonds. The third kappa shape index (κ3) is 5.25. The largest absolute Gasteiger partial charge is 0.481 e. The number of carboxylic acids is 1. The van der Waals surface area contributed by atoms with Crippen molar-refractivity contribution in [1.82, 2.24) is 0 Å². The molecule has 0 aliphatic rings. The molecule has 0 spiro atoms. The molecule has 112 valence electrons. The maximum atomic E-state index is 13.4. The second-order valence-electron chi connectivity index (χ2n) is 5.24. The van der Waals surface area contributed by atoms with Crippen molar-refractivity contribution in [2.45, 2.75) is 32.6 Å². The van der Waals surface area contributed by atoms with Crippen molar-refractivity contribution >= 4 is 5.97 Å². The van der Waals surface area contributed by atoms with Gasteiger partial charge < -0.3 is 10.8 Å². The maximum Gasteiger partial charge on any atom is 0.307 e. The van der Waals surface area contributed by atoms with Gasteiger partial charge in [0.2, 0.25) is 0 Å². The minimum atomic E-state index is -0.871. The highest BCUT2D eigenvalue weighted by Gasteiger charge is 2.18. The Labute approximate surface area is 117 Å². The number of carboxylic acid groups (broad SMARTS) is 1. The van der Waals surface area contributed by atoms with Crippen molar-refractivity contribution in [1.29, 1.82) is 0 Å². The lowest BCUT2D eigenvalue weighted by atomic mass is 9.91. The number of carbonyl (C=O) groups is 1. The Kier molecular flexibility index (Phi) is 6.58. The third-order valence-corrected chi connectivity index (χ3v) is 3.48. The number of nitrogens with two attached hydrogens (primary N) is 1. The summed E-state index contributed by atoms with van der Waals surface area (Å²) in [6, 6.07) is 3.58. The van der Waals surface area contributed by atoms with Gasteiger partial charge in [-0.1, -0.05) is 19.4 Å². The fraction of sp³-hybridized carbons (Fsp3) is 0.533. The average Bonchev–Trinajstić information content (AvgIpc) is 2.38. The van der Waals surface area contributed by atoms with Crippen LogP contribution in [-0.4, -0.2) is 17.6 Å². The summed E-state index contributed by atoms with van der Waals surface area (Å²) in [5.41, 5.74) is 5.90. The quantitative estimate of drug-likeness (QED) is 0.772. The van der Waals surface area contributed by atoms with Crippen LogP contribution in [-0.2, 0) is 11.2 Å². The van der Waals surface area contributed by atoms with E-state index in [2.05, 4.69) is 0 Å². The molecule has 5 heteroatoms. The molecule has 1 rings (SSSR count). The number of benzene rings is 1. The molecule has 0 unspecified atom stereocenters. The van der Waals surface area contributed by atoms with Gasteiger partial charge in [-0.25, -0.2) is 8.78 Å². The van der Waals surface area contributed by atoms with Gasteiger partial charge >= 0.3 is 5.97 Å². The van der Waals surface area contributed by atoms with Crippen LogP contribution in [0.3, 0.4) is 0 Å². The lowest BCUT2D eigenvalue weighted by Crippen LogP contribution is -2.25. The summed E-state index contributed by atoms with van der Waals surface area (Å²) in [4.78, 5) is 10.9. The molecule has 0 aromatic heterocycles. The van der Waals surface area contributed by atoms with Gasteiger partial charge in [-0.05, 0) is 36.8 Å². The zero-order valence-electron chi connectivity index (χ0n) is 11.6. The van der Waals surface area contributed by atoms with E-state index in [-0.39, 0.29) is 12.5 Å². The Morgan fingerprint density at radius 3 is 2.65 bits per heavy atom. The minimum Gasteiger partial charge on any atom is -0.481 e. The van der Waals surface area contributed by atoms with Crippen LogP contribution in [0, 0.1) is 23.5 Å². The first-order chi connectivity index (χ1) is 9.43. The first-order valence-electron chi connectivity index (χ1n) is 6.80. The SMILES string of the molecule is C[C@@H](CCCc1ccc(F)cc1F)C[C@H](CN)C(=O)O. The summed E-state index contributed by atoms with van der Waals surface area (Å²) in [7, 11) is 0. The Morgan fingerprint density at radius 1 is 1.40 bits per heavy atom. The van der Waals surface area contributed by atoms with Gasteiger partial charge in [0.05, 0.1) is 5.92 Å². The van der Waals surface area contributed by atoms with E-state index in [0.29, 0.717) is 18.4 Å². The van der Waals surface area contributed by atoms with Crippen LogP contribution in [0.25, 0.3) is 0 Å². The van der Waals surface area contributed by atoms with Gasteiger partial charge in [0.1, 0.15) is 11.6 Å². The van der Waals surface area contributed by atoms with Gasteiger partial charge in [-0.2, -0.15) is 0 Å². The van der Waals surface area contributed by atoms with Gasteiger partial charge in [-0.15, -0.1) is 0 Å². The van der Waals surface area contributed by atoms with E-state index in [1.54, 1.807) is 0 Å². The van der Waals surface area contributed by atoms with Crippen LogP contribution in [0.1, 0.15) is 31.7 Å². The summed E-state index contributed by atoms with van der Waals surface area (Å²) < 4.78 is 26.2. The molecule has 0 fully saturated rings. The Balaban J connectivity index is 2.38. The van der Waals surface area contributed by atoms with Crippen LogP contribution in [0.5, 0.6) is 0 Å². The molecular weight excluding hydrogens is 264 g/mol. The Hall–Kier alpha value is -1.49. The summed E-state index contributed by atoms with van der Waals surface area (Å²) in [6.07, 6.45) is 2.58. The molecule has 0 aliphatic carbocycles. The van der Waals surface area contributed by atoms with Crippen molar-refractivity contribution in [3.05, 3.63) is 35.4 Å². The monoisotopic (exact) mass is 285 g/mol. The summed E-state index contributed by atoms with van der Waals surface area (Å²) >= 11 is 0. The van der Waals surface area contributed by atoms with Crippen molar-refractivity contribution in [3.8, 4) is 0 Å². The highest BCUT2D eigenvalue weighted by molar-refractivity contribution is 5.70. The number of halogens is 2. The van der Waals surface area contributed by atoms with E-state index in [0.717, 1.165) is 18.9 Å². The minimum absolute atomic E-state index is 0.131. The topological polar surface area (TPSA) is 63.3 Å². The summed E-state index contributed by atoms with van der Waals surface area (Å²) in [5.74, 6) is -2.28.